The number of nitrogens with one attached hydrogen (secondary N) is 2. The van der Waals surface area contributed by atoms with E-state index in [1.165, 1.54) is 18.7 Å². The molecule has 0 saturated carbocycles. The number of amides is 1. The first-order valence-electron chi connectivity index (χ1n) is 6.91. The molecule has 5 nitrogen and oxygen atoms in total. The van der Waals surface area contributed by atoms with E-state index in [1.807, 2.05) is 0 Å². The van der Waals surface area contributed by atoms with Crippen LogP contribution in [0.3, 0.4) is 0 Å². The fourth-order valence-corrected chi connectivity index (χ4v) is 2.47. The summed E-state index contributed by atoms with van der Waals surface area (Å²) in [6, 6.07) is 3.18. The van der Waals surface area contributed by atoms with Gasteiger partial charge in [0.15, 0.2) is 0 Å². The Hall–Kier alpha value is -1.62. The van der Waals surface area contributed by atoms with E-state index in [2.05, 4.69) is 22.1 Å². The second kappa shape index (κ2) is 6.52. The lowest BCUT2D eigenvalue weighted by atomic mass is 10.0. The first-order chi connectivity index (χ1) is 9.19. The van der Waals surface area contributed by atoms with Gasteiger partial charge in [0.1, 0.15) is 0 Å². The van der Waals surface area contributed by atoms with Crippen LogP contribution in [0.4, 0.5) is 0 Å². The summed E-state index contributed by atoms with van der Waals surface area (Å²) in [7, 11) is 0. The third-order valence-corrected chi connectivity index (χ3v) is 3.50. The Morgan fingerprint density at radius 2 is 2.21 bits per heavy atom. The highest BCUT2D eigenvalue weighted by Gasteiger charge is 2.20. The molecule has 5 heteroatoms. The summed E-state index contributed by atoms with van der Waals surface area (Å²) < 4.78 is 0. The molecule has 0 atom stereocenters. The number of H-pyrrole nitrogens is 1. The Morgan fingerprint density at radius 3 is 2.84 bits per heavy atom. The minimum atomic E-state index is -0.245. The number of likely N-dealkylation sites (tertiary alicyclic amines) is 1. The highest BCUT2D eigenvalue weighted by atomic mass is 16.2. The number of hydrogen-bond donors (Lipinski definition) is 2. The Morgan fingerprint density at radius 1 is 1.47 bits per heavy atom. The summed E-state index contributed by atoms with van der Waals surface area (Å²) in [4.78, 5) is 28.1. The van der Waals surface area contributed by atoms with Crippen LogP contribution < -0.4 is 10.9 Å². The molecule has 19 heavy (non-hydrogen) atoms. The molecule has 1 aliphatic heterocycles. The zero-order valence-electron chi connectivity index (χ0n) is 11.3. The van der Waals surface area contributed by atoms with E-state index in [4.69, 9.17) is 0 Å². The lowest BCUT2D eigenvalue weighted by Crippen LogP contribution is -2.44. The van der Waals surface area contributed by atoms with Crippen molar-refractivity contribution in [2.75, 3.05) is 19.6 Å². The van der Waals surface area contributed by atoms with Gasteiger partial charge in [0.25, 0.3) is 5.91 Å². The summed E-state index contributed by atoms with van der Waals surface area (Å²) in [6.07, 6.45) is 4.63. The van der Waals surface area contributed by atoms with Crippen LogP contribution in [0.5, 0.6) is 0 Å². The minimum absolute atomic E-state index is 0.153. The van der Waals surface area contributed by atoms with Gasteiger partial charge in [-0.25, -0.2) is 0 Å². The van der Waals surface area contributed by atoms with E-state index in [9.17, 15) is 9.59 Å². The first-order valence-corrected chi connectivity index (χ1v) is 6.91. The van der Waals surface area contributed by atoms with Crippen molar-refractivity contribution < 1.29 is 4.79 Å². The van der Waals surface area contributed by atoms with Gasteiger partial charge >= 0.3 is 0 Å². The van der Waals surface area contributed by atoms with Gasteiger partial charge < -0.3 is 15.2 Å². The van der Waals surface area contributed by atoms with Crippen molar-refractivity contribution in [1.82, 2.24) is 15.2 Å². The molecule has 1 aliphatic rings. The van der Waals surface area contributed by atoms with Crippen LogP contribution in [-0.2, 0) is 0 Å². The number of aromatic nitrogens is 1. The smallest absolute Gasteiger partial charge is 0.251 e. The van der Waals surface area contributed by atoms with Crippen LogP contribution in [0.2, 0.25) is 0 Å². The van der Waals surface area contributed by atoms with Gasteiger partial charge in [-0.1, -0.05) is 6.92 Å². The van der Waals surface area contributed by atoms with Crippen molar-refractivity contribution in [3.05, 3.63) is 34.2 Å². The number of rotatable bonds is 4. The molecule has 0 radical (unpaired) electrons. The molecule has 104 valence electrons. The van der Waals surface area contributed by atoms with Crippen molar-refractivity contribution in [2.45, 2.75) is 32.2 Å². The van der Waals surface area contributed by atoms with Crippen LogP contribution in [0.15, 0.2) is 23.1 Å². The van der Waals surface area contributed by atoms with Gasteiger partial charge in [-0.3, -0.25) is 9.59 Å². The third-order valence-electron chi connectivity index (χ3n) is 3.50. The third kappa shape index (κ3) is 3.92. The van der Waals surface area contributed by atoms with Crippen LogP contribution in [0.1, 0.15) is 36.5 Å². The van der Waals surface area contributed by atoms with Gasteiger partial charge in [-0.05, 0) is 31.9 Å². The molecule has 2 N–H and O–H groups in total. The fraction of sp³-hybridized carbons (Fsp3) is 0.571. The Balaban J connectivity index is 1.85. The maximum atomic E-state index is 12.0. The predicted octanol–water partition coefficient (Wildman–Crippen LogP) is 0.979. The van der Waals surface area contributed by atoms with E-state index in [0.717, 1.165) is 32.5 Å². The lowest BCUT2D eigenvalue weighted by molar-refractivity contribution is 0.0911. The molecule has 0 bridgehead atoms. The molecule has 1 fully saturated rings. The van der Waals surface area contributed by atoms with Crippen molar-refractivity contribution >= 4 is 5.91 Å². The van der Waals surface area contributed by atoms with Crippen molar-refractivity contribution in [1.29, 1.82) is 0 Å². The summed E-state index contributed by atoms with van der Waals surface area (Å²) in [5.74, 6) is -0.153. The van der Waals surface area contributed by atoms with Crippen molar-refractivity contribution in [2.24, 2.45) is 0 Å². The van der Waals surface area contributed by atoms with E-state index in [-0.39, 0.29) is 17.5 Å². The summed E-state index contributed by atoms with van der Waals surface area (Å²) >= 11 is 0. The van der Waals surface area contributed by atoms with Crippen LogP contribution >= 0.6 is 0 Å². The Kier molecular flexibility index (Phi) is 4.74. The van der Waals surface area contributed by atoms with Gasteiger partial charge in [0.05, 0.1) is 0 Å². The maximum absolute atomic E-state index is 12.0. The molecule has 0 unspecified atom stereocenters. The largest absolute Gasteiger partial charge is 0.349 e. The Labute approximate surface area is 113 Å². The number of nitrogens with zero attached hydrogens (tertiary/aromatic N) is 1. The highest BCUT2D eigenvalue weighted by molar-refractivity contribution is 5.94. The number of pyridine rings is 1. The van der Waals surface area contributed by atoms with Crippen molar-refractivity contribution in [3.8, 4) is 0 Å². The van der Waals surface area contributed by atoms with Crippen LogP contribution in [0, 0.1) is 0 Å². The van der Waals surface area contributed by atoms with Crippen LogP contribution in [-0.4, -0.2) is 41.5 Å². The summed E-state index contributed by atoms with van der Waals surface area (Å²) in [6.45, 7) is 5.39. The van der Waals surface area contributed by atoms with Gasteiger partial charge in [0.2, 0.25) is 5.56 Å². The van der Waals surface area contributed by atoms with Gasteiger partial charge in [-0.2, -0.15) is 0 Å². The molecule has 0 aliphatic carbocycles. The SMILES string of the molecule is CCCN1CCC(NC(=O)c2cc[nH]c(=O)c2)CC1. The molecule has 1 aromatic rings. The van der Waals surface area contributed by atoms with Gasteiger partial charge in [-0.15, -0.1) is 0 Å². The Bertz CT molecular complexity index is 476. The van der Waals surface area contributed by atoms with E-state index >= 15 is 0 Å². The number of aromatic amines is 1. The molecule has 1 amide bonds. The second-order valence-corrected chi connectivity index (χ2v) is 5.03. The normalized spacial score (nSPS) is 17.3. The number of carbonyl (C=O) groups is 1. The molecule has 0 spiro atoms. The maximum Gasteiger partial charge on any atom is 0.251 e. The number of piperidine rings is 1. The lowest BCUT2D eigenvalue weighted by Gasteiger charge is -2.32. The van der Waals surface area contributed by atoms with Crippen molar-refractivity contribution in [3.63, 3.8) is 0 Å². The standard InChI is InChI=1S/C14H21N3O2/c1-2-7-17-8-4-12(5-9-17)16-14(19)11-3-6-15-13(18)10-11/h3,6,10,12H,2,4-5,7-9H2,1H3,(H,15,18)(H,16,19). The average molecular weight is 263 g/mol. The average Bonchev–Trinajstić information content (AvgIpc) is 2.41. The van der Waals surface area contributed by atoms with Gasteiger partial charge in [0, 0.05) is 37.0 Å². The zero-order valence-corrected chi connectivity index (χ0v) is 11.3. The quantitative estimate of drug-likeness (QED) is 0.851. The fourth-order valence-electron chi connectivity index (χ4n) is 2.47. The molecular formula is C14H21N3O2. The number of hydrogen-bond acceptors (Lipinski definition) is 3. The molecular weight excluding hydrogens is 242 g/mol. The molecule has 2 rings (SSSR count). The van der Waals surface area contributed by atoms with E-state index in [0.29, 0.717) is 5.56 Å². The molecule has 2 heterocycles. The predicted molar refractivity (Wildman–Crippen MR) is 74.3 cm³/mol. The second-order valence-electron chi connectivity index (χ2n) is 5.03. The van der Waals surface area contributed by atoms with E-state index < -0.39 is 0 Å². The molecule has 1 saturated heterocycles. The molecule has 1 aromatic heterocycles. The summed E-state index contributed by atoms with van der Waals surface area (Å²) in [5.41, 5.74) is 0.185. The first kappa shape index (κ1) is 13.8. The number of carbonyl (C=O) groups excluding carboxylic acids is 1. The monoisotopic (exact) mass is 263 g/mol. The minimum Gasteiger partial charge on any atom is -0.349 e. The zero-order chi connectivity index (χ0) is 13.7. The van der Waals surface area contributed by atoms with E-state index in [1.54, 1.807) is 6.07 Å². The van der Waals surface area contributed by atoms with Crippen LogP contribution in [0.25, 0.3) is 0 Å². The highest BCUT2D eigenvalue weighted by Crippen LogP contribution is 2.11. The molecule has 0 aromatic carbocycles. The summed E-state index contributed by atoms with van der Waals surface area (Å²) in [5, 5.41) is 3.01. The topological polar surface area (TPSA) is 65.2 Å².